The van der Waals surface area contributed by atoms with Gasteiger partial charge in [-0.15, -0.1) is 0 Å². The zero-order valence-electron chi connectivity index (χ0n) is 16.9. The van der Waals surface area contributed by atoms with Gasteiger partial charge in [0.2, 0.25) is 5.91 Å². The van der Waals surface area contributed by atoms with Crippen molar-refractivity contribution in [1.82, 2.24) is 19.5 Å². The highest BCUT2D eigenvalue weighted by molar-refractivity contribution is 6.30. The van der Waals surface area contributed by atoms with Crippen LogP contribution >= 0.6 is 11.6 Å². The Kier molecular flexibility index (Phi) is 5.29. The molecule has 3 aromatic rings. The highest BCUT2D eigenvalue weighted by atomic mass is 35.5. The minimum absolute atomic E-state index is 0.0351. The Morgan fingerprint density at radius 2 is 1.93 bits per heavy atom. The highest BCUT2D eigenvalue weighted by Gasteiger charge is 2.29. The van der Waals surface area contributed by atoms with Crippen molar-refractivity contribution in [3.05, 3.63) is 41.4 Å². The highest BCUT2D eigenvalue weighted by Crippen LogP contribution is 2.29. The second kappa shape index (κ2) is 8.22. The van der Waals surface area contributed by atoms with Crippen LogP contribution < -0.4 is 10.2 Å². The number of carbonyl (C=O) groups excluding carboxylic acids is 1. The predicted octanol–water partition coefficient (Wildman–Crippen LogP) is 4.06. The molecule has 7 nitrogen and oxygen atoms in total. The zero-order chi connectivity index (χ0) is 20.5. The van der Waals surface area contributed by atoms with Gasteiger partial charge in [-0.2, -0.15) is 0 Å². The van der Waals surface area contributed by atoms with E-state index in [2.05, 4.69) is 24.8 Å². The first kappa shape index (κ1) is 19.3. The monoisotopic (exact) mass is 424 g/mol. The van der Waals surface area contributed by atoms with Crippen molar-refractivity contribution in [3.8, 4) is 0 Å². The molecule has 4 heterocycles. The van der Waals surface area contributed by atoms with Crippen LogP contribution in [0.3, 0.4) is 0 Å². The summed E-state index contributed by atoms with van der Waals surface area (Å²) in [5.41, 5.74) is 2.56. The van der Waals surface area contributed by atoms with Gasteiger partial charge in [-0.1, -0.05) is 18.0 Å². The molecule has 1 saturated heterocycles. The van der Waals surface area contributed by atoms with Crippen molar-refractivity contribution in [2.75, 3.05) is 23.3 Å². The fraction of sp³-hybridized carbons (Fsp3) is 0.455. The SMILES string of the molecule is O=C(Nc1ccc(Cl)cc1)[C@@H]1CCCN(c2ncnc3c2nc2n3CCCCC2)C1. The number of nitrogens with one attached hydrogen (secondary N) is 1. The number of fused-ring (bicyclic) bond motifs is 3. The lowest BCUT2D eigenvalue weighted by Crippen LogP contribution is -2.41. The van der Waals surface area contributed by atoms with Crippen LogP contribution in [0.25, 0.3) is 11.2 Å². The minimum Gasteiger partial charge on any atom is -0.354 e. The van der Waals surface area contributed by atoms with E-state index in [1.54, 1.807) is 18.5 Å². The number of aromatic nitrogens is 4. The van der Waals surface area contributed by atoms with E-state index in [0.29, 0.717) is 11.6 Å². The topological polar surface area (TPSA) is 75.9 Å². The van der Waals surface area contributed by atoms with Crippen LogP contribution in [0.1, 0.15) is 37.9 Å². The Bertz CT molecular complexity index is 1060. The van der Waals surface area contributed by atoms with Crippen LogP contribution in [-0.2, 0) is 17.8 Å². The van der Waals surface area contributed by atoms with Crippen molar-refractivity contribution < 1.29 is 4.79 Å². The Balaban J connectivity index is 1.37. The smallest absolute Gasteiger partial charge is 0.229 e. The molecule has 1 N–H and O–H groups in total. The van der Waals surface area contributed by atoms with Gasteiger partial charge in [0.25, 0.3) is 0 Å². The molecule has 2 aliphatic rings. The van der Waals surface area contributed by atoms with Gasteiger partial charge in [0.15, 0.2) is 17.0 Å². The third-order valence-electron chi connectivity index (χ3n) is 6.08. The van der Waals surface area contributed by atoms with E-state index in [1.165, 1.54) is 12.8 Å². The van der Waals surface area contributed by atoms with E-state index in [-0.39, 0.29) is 11.8 Å². The molecule has 0 aliphatic carbocycles. The van der Waals surface area contributed by atoms with Crippen molar-refractivity contribution in [2.24, 2.45) is 5.92 Å². The van der Waals surface area contributed by atoms with Gasteiger partial charge in [-0.3, -0.25) is 4.79 Å². The van der Waals surface area contributed by atoms with Crippen molar-refractivity contribution >= 4 is 40.2 Å². The van der Waals surface area contributed by atoms with Crippen LogP contribution in [-0.4, -0.2) is 38.5 Å². The maximum absolute atomic E-state index is 12.9. The number of hydrogen-bond acceptors (Lipinski definition) is 5. The van der Waals surface area contributed by atoms with Crippen LogP contribution in [0, 0.1) is 5.92 Å². The van der Waals surface area contributed by atoms with Gasteiger partial charge < -0.3 is 14.8 Å². The van der Waals surface area contributed by atoms with E-state index < -0.39 is 0 Å². The molecule has 2 aromatic heterocycles. The Hall–Kier alpha value is -2.67. The van der Waals surface area contributed by atoms with Gasteiger partial charge in [0.1, 0.15) is 12.2 Å². The van der Waals surface area contributed by atoms with Crippen molar-refractivity contribution in [1.29, 1.82) is 0 Å². The van der Waals surface area contributed by atoms with Crippen LogP contribution in [0.4, 0.5) is 11.5 Å². The molecule has 0 unspecified atom stereocenters. The number of nitrogens with zero attached hydrogens (tertiary/aromatic N) is 5. The first-order valence-electron chi connectivity index (χ1n) is 10.7. The summed E-state index contributed by atoms with van der Waals surface area (Å²) in [6.07, 6.45) is 8.00. The number of halogens is 1. The van der Waals surface area contributed by atoms with Gasteiger partial charge in [-0.25, -0.2) is 15.0 Å². The zero-order valence-corrected chi connectivity index (χ0v) is 17.6. The number of imidazole rings is 1. The summed E-state index contributed by atoms with van der Waals surface area (Å²) in [5.74, 6) is 1.90. The molecular weight excluding hydrogens is 400 g/mol. The molecule has 1 atom stereocenters. The quantitative estimate of drug-likeness (QED) is 0.686. The molecule has 30 heavy (non-hydrogen) atoms. The lowest BCUT2D eigenvalue weighted by Gasteiger charge is -2.32. The number of piperidine rings is 1. The fourth-order valence-electron chi connectivity index (χ4n) is 4.52. The summed E-state index contributed by atoms with van der Waals surface area (Å²) in [6, 6.07) is 7.22. The number of anilines is 2. The Morgan fingerprint density at radius 1 is 1.07 bits per heavy atom. The second-order valence-corrected chi connectivity index (χ2v) is 8.58. The standard InChI is InChI=1S/C22H25ClN6O/c23-16-7-9-17(10-8-16)26-22(30)15-5-4-11-28(13-15)20-19-21(25-14-24-20)29-12-3-1-2-6-18(29)27-19/h7-10,14-15H,1-6,11-13H2,(H,26,30)/t15-/m1/s1. The second-order valence-electron chi connectivity index (χ2n) is 8.14. The molecule has 8 heteroatoms. The molecule has 1 fully saturated rings. The van der Waals surface area contributed by atoms with E-state index in [4.69, 9.17) is 16.6 Å². The summed E-state index contributed by atoms with van der Waals surface area (Å²) in [4.78, 5) is 29.1. The number of carbonyl (C=O) groups is 1. The molecule has 5 rings (SSSR count). The number of rotatable bonds is 3. The van der Waals surface area contributed by atoms with Crippen molar-refractivity contribution in [3.63, 3.8) is 0 Å². The van der Waals surface area contributed by atoms with Gasteiger partial charge in [0, 0.05) is 36.8 Å². The maximum atomic E-state index is 12.9. The average Bonchev–Trinajstić information content (AvgIpc) is 2.96. The Morgan fingerprint density at radius 3 is 2.80 bits per heavy atom. The molecule has 0 saturated carbocycles. The number of benzene rings is 1. The first-order chi connectivity index (χ1) is 14.7. The largest absolute Gasteiger partial charge is 0.354 e. The van der Waals surface area contributed by atoms with Crippen LogP contribution in [0.2, 0.25) is 5.02 Å². The number of amides is 1. The molecule has 0 radical (unpaired) electrons. The molecule has 1 aromatic carbocycles. The van der Waals surface area contributed by atoms with E-state index in [1.807, 2.05) is 12.1 Å². The first-order valence-corrected chi connectivity index (χ1v) is 11.1. The Labute approximate surface area is 180 Å². The third kappa shape index (κ3) is 3.74. The van der Waals surface area contributed by atoms with Crippen LogP contribution in [0.15, 0.2) is 30.6 Å². The van der Waals surface area contributed by atoms with Crippen molar-refractivity contribution in [2.45, 2.75) is 45.1 Å². The number of aryl methyl sites for hydroxylation is 2. The average molecular weight is 425 g/mol. The van der Waals surface area contributed by atoms with E-state index in [9.17, 15) is 4.79 Å². The fourth-order valence-corrected chi connectivity index (χ4v) is 4.64. The molecule has 0 spiro atoms. The summed E-state index contributed by atoms with van der Waals surface area (Å²) in [7, 11) is 0. The summed E-state index contributed by atoms with van der Waals surface area (Å²) < 4.78 is 2.25. The normalized spacial score (nSPS) is 19.4. The lowest BCUT2D eigenvalue weighted by atomic mass is 9.97. The van der Waals surface area contributed by atoms with Gasteiger partial charge in [-0.05, 0) is 49.9 Å². The lowest BCUT2D eigenvalue weighted by molar-refractivity contribution is -0.120. The summed E-state index contributed by atoms with van der Waals surface area (Å²) in [6.45, 7) is 2.47. The number of hydrogen-bond donors (Lipinski definition) is 1. The van der Waals surface area contributed by atoms with E-state index >= 15 is 0 Å². The summed E-state index contributed by atoms with van der Waals surface area (Å²) >= 11 is 5.94. The predicted molar refractivity (Wildman–Crippen MR) is 118 cm³/mol. The van der Waals surface area contributed by atoms with E-state index in [0.717, 1.165) is 67.3 Å². The maximum Gasteiger partial charge on any atom is 0.229 e. The molecule has 0 bridgehead atoms. The van der Waals surface area contributed by atoms with Gasteiger partial charge in [0.05, 0.1) is 5.92 Å². The van der Waals surface area contributed by atoms with Crippen LogP contribution in [0.5, 0.6) is 0 Å². The molecule has 2 aliphatic heterocycles. The minimum atomic E-state index is -0.0973. The molecule has 1 amide bonds. The molecule has 156 valence electrons. The van der Waals surface area contributed by atoms with Gasteiger partial charge >= 0.3 is 0 Å². The third-order valence-corrected chi connectivity index (χ3v) is 6.33. The molecular formula is C22H25ClN6O. The summed E-state index contributed by atoms with van der Waals surface area (Å²) in [5, 5.41) is 3.67.